The summed E-state index contributed by atoms with van der Waals surface area (Å²) in [5.41, 5.74) is 5.50. The van der Waals surface area contributed by atoms with E-state index in [1.165, 1.54) is 48.8 Å². The molecule has 144 valence electrons. The van der Waals surface area contributed by atoms with E-state index in [1.54, 1.807) is 0 Å². The maximum Gasteiger partial charge on any atom is 0.338 e. The van der Waals surface area contributed by atoms with Gasteiger partial charge in [-0.2, -0.15) is 0 Å². The normalized spacial score (nSPS) is 14.7. The molecule has 3 heteroatoms. The van der Waals surface area contributed by atoms with Gasteiger partial charge in [0.2, 0.25) is 0 Å². The summed E-state index contributed by atoms with van der Waals surface area (Å²) in [6.07, 6.45) is 7.78. The first-order valence-electron chi connectivity index (χ1n) is 10.2. The molecule has 0 amide bonds. The molecule has 0 spiro atoms. The van der Waals surface area contributed by atoms with Crippen LogP contribution in [0.4, 0.5) is 5.69 Å². The predicted octanol–water partition coefficient (Wildman–Crippen LogP) is 5.91. The quantitative estimate of drug-likeness (QED) is 0.620. The molecule has 0 heterocycles. The van der Waals surface area contributed by atoms with Crippen LogP contribution < -0.4 is 5.32 Å². The highest BCUT2D eigenvalue weighted by atomic mass is 16.5. The Morgan fingerprint density at radius 3 is 2.52 bits per heavy atom. The van der Waals surface area contributed by atoms with Crippen LogP contribution in [0.1, 0.15) is 66.1 Å². The van der Waals surface area contributed by atoms with Crippen molar-refractivity contribution in [3.8, 4) is 0 Å². The fourth-order valence-electron chi connectivity index (χ4n) is 3.87. The third-order valence-electron chi connectivity index (χ3n) is 5.46. The highest BCUT2D eigenvalue weighted by Crippen LogP contribution is 2.30. The van der Waals surface area contributed by atoms with Crippen molar-refractivity contribution in [2.75, 3.05) is 11.9 Å². The Labute approximate surface area is 163 Å². The van der Waals surface area contributed by atoms with Gasteiger partial charge in [0.25, 0.3) is 0 Å². The lowest BCUT2D eigenvalue weighted by atomic mass is 9.84. The minimum absolute atomic E-state index is 0.250. The number of benzene rings is 2. The van der Waals surface area contributed by atoms with Crippen LogP contribution in [-0.2, 0) is 17.7 Å². The third-order valence-corrected chi connectivity index (χ3v) is 5.46. The van der Waals surface area contributed by atoms with Gasteiger partial charge in [0.15, 0.2) is 0 Å². The highest BCUT2D eigenvalue weighted by Gasteiger charge is 2.17. The van der Waals surface area contributed by atoms with Crippen LogP contribution in [0.3, 0.4) is 0 Å². The van der Waals surface area contributed by atoms with Crippen molar-refractivity contribution < 1.29 is 9.53 Å². The number of ether oxygens (including phenoxy) is 1. The van der Waals surface area contributed by atoms with Crippen molar-refractivity contribution in [3.05, 3.63) is 64.7 Å². The number of aryl methyl sites for hydroxylation is 1. The van der Waals surface area contributed by atoms with E-state index in [2.05, 4.69) is 42.6 Å². The Balaban J connectivity index is 1.77. The molecule has 1 fully saturated rings. The van der Waals surface area contributed by atoms with Crippen molar-refractivity contribution >= 4 is 11.7 Å². The van der Waals surface area contributed by atoms with Crippen molar-refractivity contribution in [2.45, 2.75) is 58.9 Å². The second kappa shape index (κ2) is 9.59. The van der Waals surface area contributed by atoms with Gasteiger partial charge in [-0.3, -0.25) is 0 Å². The maximum atomic E-state index is 12.2. The van der Waals surface area contributed by atoms with E-state index < -0.39 is 0 Å². The number of nitrogens with one attached hydrogen (secondary N) is 1. The molecule has 3 nitrogen and oxygen atoms in total. The number of carbonyl (C=O) groups excluding carboxylic acids is 1. The van der Waals surface area contributed by atoms with Crippen LogP contribution in [0, 0.1) is 12.8 Å². The summed E-state index contributed by atoms with van der Waals surface area (Å²) in [6.45, 7) is 5.09. The molecule has 0 radical (unpaired) electrons. The molecule has 3 rings (SSSR count). The molecule has 0 bridgehead atoms. The monoisotopic (exact) mass is 365 g/mol. The Hall–Kier alpha value is -2.29. The molecular formula is C24H31NO2. The molecule has 2 aromatic rings. The summed E-state index contributed by atoms with van der Waals surface area (Å²) in [7, 11) is 0. The van der Waals surface area contributed by atoms with E-state index in [9.17, 15) is 4.79 Å². The van der Waals surface area contributed by atoms with Gasteiger partial charge in [-0.25, -0.2) is 4.79 Å². The maximum absolute atomic E-state index is 12.2. The second-order valence-electron chi connectivity index (χ2n) is 7.64. The van der Waals surface area contributed by atoms with E-state index in [1.807, 2.05) is 19.1 Å². The number of rotatable bonds is 7. The summed E-state index contributed by atoms with van der Waals surface area (Å²) in [4.78, 5) is 12.2. The summed E-state index contributed by atoms with van der Waals surface area (Å²) < 4.78 is 5.18. The first-order valence-corrected chi connectivity index (χ1v) is 10.2. The number of hydrogen-bond acceptors (Lipinski definition) is 3. The largest absolute Gasteiger partial charge is 0.462 e. The lowest BCUT2D eigenvalue weighted by molar-refractivity contribution is 0.0526. The molecule has 1 aliphatic rings. The van der Waals surface area contributed by atoms with Gasteiger partial charge < -0.3 is 10.1 Å². The molecule has 0 aliphatic heterocycles. The average molecular weight is 366 g/mol. The van der Waals surface area contributed by atoms with Crippen molar-refractivity contribution in [2.24, 2.45) is 5.92 Å². The van der Waals surface area contributed by atoms with E-state index >= 15 is 0 Å². The molecule has 0 atom stereocenters. The smallest absolute Gasteiger partial charge is 0.338 e. The summed E-state index contributed by atoms with van der Waals surface area (Å²) in [5.74, 6) is 0.507. The lowest BCUT2D eigenvalue weighted by Gasteiger charge is -2.23. The Bertz CT molecular complexity index is 745. The van der Waals surface area contributed by atoms with Gasteiger partial charge in [0.05, 0.1) is 12.2 Å². The standard InChI is InChI=1S/C24H31NO2/c1-3-27-24(26)22-14-13-21(15-19-7-5-4-6-8-19)23(16-22)25-17-20-11-9-18(2)10-12-20/h9-14,16,19,25H,3-8,15,17H2,1-2H3. The van der Waals surface area contributed by atoms with E-state index in [4.69, 9.17) is 4.74 Å². The van der Waals surface area contributed by atoms with Crippen LogP contribution >= 0.6 is 0 Å². The van der Waals surface area contributed by atoms with E-state index in [0.29, 0.717) is 12.2 Å². The molecule has 0 aromatic heterocycles. The van der Waals surface area contributed by atoms with Crippen LogP contribution in [0.5, 0.6) is 0 Å². The summed E-state index contributed by atoms with van der Waals surface area (Å²) in [6, 6.07) is 14.6. The fraction of sp³-hybridized carbons (Fsp3) is 0.458. The van der Waals surface area contributed by atoms with Gasteiger partial charge in [0, 0.05) is 12.2 Å². The molecule has 0 unspecified atom stereocenters. The molecule has 1 N–H and O–H groups in total. The van der Waals surface area contributed by atoms with Crippen LogP contribution in [0.2, 0.25) is 0 Å². The van der Waals surface area contributed by atoms with E-state index in [-0.39, 0.29) is 5.97 Å². The third kappa shape index (κ3) is 5.59. The van der Waals surface area contributed by atoms with Crippen LogP contribution in [0.25, 0.3) is 0 Å². The van der Waals surface area contributed by atoms with Gasteiger partial charge in [-0.05, 0) is 49.4 Å². The van der Waals surface area contributed by atoms with Gasteiger partial charge >= 0.3 is 5.97 Å². The van der Waals surface area contributed by atoms with Crippen molar-refractivity contribution in [1.29, 1.82) is 0 Å². The van der Waals surface area contributed by atoms with Gasteiger partial charge in [-0.15, -0.1) is 0 Å². The first-order chi connectivity index (χ1) is 13.2. The molecule has 2 aromatic carbocycles. The van der Waals surface area contributed by atoms with E-state index in [0.717, 1.165) is 24.6 Å². The Morgan fingerprint density at radius 1 is 1.07 bits per heavy atom. The zero-order chi connectivity index (χ0) is 19.1. The molecule has 27 heavy (non-hydrogen) atoms. The second-order valence-corrected chi connectivity index (χ2v) is 7.64. The SMILES string of the molecule is CCOC(=O)c1ccc(CC2CCCCC2)c(NCc2ccc(C)cc2)c1. The van der Waals surface area contributed by atoms with Gasteiger partial charge in [0.1, 0.15) is 0 Å². The molecule has 0 saturated heterocycles. The first kappa shape index (κ1) is 19.5. The predicted molar refractivity (Wildman–Crippen MR) is 111 cm³/mol. The minimum atomic E-state index is -0.250. The molecule has 1 aliphatic carbocycles. The Morgan fingerprint density at radius 2 is 1.81 bits per heavy atom. The minimum Gasteiger partial charge on any atom is -0.462 e. The van der Waals surface area contributed by atoms with Crippen molar-refractivity contribution in [3.63, 3.8) is 0 Å². The number of anilines is 1. The lowest BCUT2D eigenvalue weighted by Crippen LogP contribution is -2.12. The summed E-state index contributed by atoms with van der Waals surface area (Å²) >= 11 is 0. The highest BCUT2D eigenvalue weighted by molar-refractivity contribution is 5.90. The fourth-order valence-corrected chi connectivity index (χ4v) is 3.87. The van der Waals surface area contributed by atoms with Crippen LogP contribution in [-0.4, -0.2) is 12.6 Å². The van der Waals surface area contributed by atoms with Crippen LogP contribution in [0.15, 0.2) is 42.5 Å². The number of esters is 1. The molecule has 1 saturated carbocycles. The van der Waals surface area contributed by atoms with Crippen molar-refractivity contribution in [1.82, 2.24) is 0 Å². The van der Waals surface area contributed by atoms with Gasteiger partial charge in [-0.1, -0.05) is 68.0 Å². The Kier molecular flexibility index (Phi) is 6.92. The summed E-state index contributed by atoms with van der Waals surface area (Å²) in [5, 5.41) is 3.57. The topological polar surface area (TPSA) is 38.3 Å². The number of hydrogen-bond donors (Lipinski definition) is 1. The zero-order valence-corrected chi connectivity index (χ0v) is 16.6. The zero-order valence-electron chi connectivity index (χ0n) is 16.6. The molecular weight excluding hydrogens is 334 g/mol. The number of carbonyl (C=O) groups is 1. The average Bonchev–Trinajstić information content (AvgIpc) is 2.69.